The van der Waals surface area contributed by atoms with E-state index in [-0.39, 0.29) is 5.91 Å². The Balaban J connectivity index is 1.72. The Labute approximate surface area is 147 Å². The zero-order valence-corrected chi connectivity index (χ0v) is 14.4. The first-order chi connectivity index (χ1) is 11.6. The van der Waals surface area contributed by atoms with Crippen molar-refractivity contribution < 1.29 is 14.3 Å². The van der Waals surface area contributed by atoms with Crippen LogP contribution in [0.2, 0.25) is 0 Å². The summed E-state index contributed by atoms with van der Waals surface area (Å²) in [4.78, 5) is 21.1. The molecule has 2 aromatic rings. The molecule has 0 saturated heterocycles. The Kier molecular flexibility index (Phi) is 3.69. The highest BCUT2D eigenvalue weighted by Crippen LogP contribution is 2.33. The van der Waals surface area contributed by atoms with E-state index in [0.717, 1.165) is 21.3 Å². The number of methoxy groups -OCH3 is 1. The van der Waals surface area contributed by atoms with Crippen LogP contribution in [0.1, 0.15) is 11.1 Å². The predicted molar refractivity (Wildman–Crippen MR) is 93.9 cm³/mol. The number of fused-ring (bicyclic) bond motifs is 2. The molecule has 2 aliphatic rings. The fourth-order valence-electron chi connectivity index (χ4n) is 2.79. The van der Waals surface area contributed by atoms with E-state index in [2.05, 4.69) is 25.9 Å². The van der Waals surface area contributed by atoms with Gasteiger partial charge in [-0.25, -0.2) is 0 Å². The zero-order chi connectivity index (χ0) is 16.7. The third kappa shape index (κ3) is 2.63. The maximum atomic E-state index is 12.5. The Bertz CT molecular complexity index is 905. The lowest BCUT2D eigenvalue weighted by Gasteiger charge is -2.27. The minimum Gasteiger partial charge on any atom is -0.497 e. The highest BCUT2D eigenvalue weighted by Gasteiger charge is 2.36. The summed E-state index contributed by atoms with van der Waals surface area (Å²) < 4.78 is 12.0. The number of hydrogen-bond donors (Lipinski definition) is 0. The van der Waals surface area contributed by atoms with Crippen molar-refractivity contribution in [3.05, 3.63) is 58.1 Å². The van der Waals surface area contributed by atoms with Crippen LogP contribution in [0.25, 0.3) is 0 Å². The van der Waals surface area contributed by atoms with Gasteiger partial charge < -0.3 is 9.47 Å². The number of rotatable bonds is 2. The number of nitrogens with zero attached hydrogens (tertiary/aromatic N) is 2. The third-order valence-electron chi connectivity index (χ3n) is 4.02. The van der Waals surface area contributed by atoms with Crippen molar-refractivity contribution in [3.63, 3.8) is 0 Å². The lowest BCUT2D eigenvalue weighted by Crippen LogP contribution is -2.37. The molecule has 1 unspecified atom stereocenters. The molecule has 24 heavy (non-hydrogen) atoms. The molecule has 120 valence electrons. The summed E-state index contributed by atoms with van der Waals surface area (Å²) in [7, 11) is 1.59. The number of carbonyl (C=O) groups excluding carboxylic acids is 1. The highest BCUT2D eigenvalue weighted by molar-refractivity contribution is 9.10. The maximum absolute atomic E-state index is 12.5. The fraction of sp³-hybridized carbons (Fsp3) is 0.167. The molecule has 0 radical (unpaired) electrons. The molecule has 0 fully saturated rings. The van der Waals surface area contributed by atoms with Gasteiger partial charge in [-0.05, 0) is 42.3 Å². The van der Waals surface area contributed by atoms with Crippen LogP contribution in [0.4, 0.5) is 0 Å². The molecule has 1 amide bonds. The number of carbonyl (C=O) groups is 1. The minimum absolute atomic E-state index is 0.233. The first-order valence-electron chi connectivity index (χ1n) is 7.46. The normalized spacial score (nSPS) is 18.8. The molecular weight excluding hydrogens is 372 g/mol. The number of benzene rings is 2. The first kappa shape index (κ1) is 15.1. The topological polar surface area (TPSA) is 60.2 Å². The van der Waals surface area contributed by atoms with Gasteiger partial charge >= 0.3 is 0 Å². The van der Waals surface area contributed by atoms with Gasteiger partial charge in [-0.2, -0.15) is 9.98 Å². The standard InChI is InChI=1S/C18H13BrN2O3/c1-23-13-4-2-3-10(8-13)16-20-17(22)14-9-11-7-12(19)5-6-15(11)24-18(14)21-16/h2-8,14H,9H2,1H3. The highest BCUT2D eigenvalue weighted by atomic mass is 79.9. The van der Waals surface area contributed by atoms with Crippen molar-refractivity contribution in [2.24, 2.45) is 15.9 Å². The molecule has 2 aromatic carbocycles. The number of aliphatic imine (C=N–C) groups is 2. The molecule has 0 aromatic heterocycles. The number of halogens is 1. The van der Waals surface area contributed by atoms with Crippen LogP contribution < -0.4 is 9.47 Å². The van der Waals surface area contributed by atoms with Gasteiger partial charge in [0, 0.05) is 10.0 Å². The largest absolute Gasteiger partial charge is 0.497 e. The Morgan fingerprint density at radius 1 is 1.21 bits per heavy atom. The van der Waals surface area contributed by atoms with Crippen LogP contribution in [0, 0.1) is 5.92 Å². The van der Waals surface area contributed by atoms with E-state index in [1.165, 1.54) is 0 Å². The lowest BCUT2D eigenvalue weighted by molar-refractivity contribution is -0.120. The van der Waals surface area contributed by atoms with Crippen LogP contribution in [-0.2, 0) is 11.2 Å². The van der Waals surface area contributed by atoms with E-state index < -0.39 is 5.92 Å². The molecule has 6 heteroatoms. The average Bonchev–Trinajstić information content (AvgIpc) is 2.60. The summed E-state index contributed by atoms with van der Waals surface area (Å²) >= 11 is 3.44. The minimum atomic E-state index is -0.457. The Hall–Kier alpha value is -2.47. The summed E-state index contributed by atoms with van der Waals surface area (Å²) in [6, 6.07) is 13.0. The number of ether oxygens (including phenoxy) is 2. The molecule has 0 aliphatic carbocycles. The summed E-state index contributed by atoms with van der Waals surface area (Å²) in [5, 5.41) is 0. The van der Waals surface area contributed by atoms with Gasteiger partial charge in [-0.3, -0.25) is 4.79 Å². The zero-order valence-electron chi connectivity index (χ0n) is 12.8. The van der Waals surface area contributed by atoms with Crippen LogP contribution in [-0.4, -0.2) is 24.8 Å². The van der Waals surface area contributed by atoms with Gasteiger partial charge in [-0.15, -0.1) is 0 Å². The second-order valence-corrected chi connectivity index (χ2v) is 6.48. The molecule has 0 saturated carbocycles. The van der Waals surface area contributed by atoms with Gasteiger partial charge in [0.1, 0.15) is 17.4 Å². The summed E-state index contributed by atoms with van der Waals surface area (Å²) in [6.45, 7) is 0. The van der Waals surface area contributed by atoms with Crippen molar-refractivity contribution in [3.8, 4) is 11.5 Å². The second-order valence-electron chi connectivity index (χ2n) is 5.57. The molecule has 2 aliphatic heterocycles. The lowest BCUT2D eigenvalue weighted by atomic mass is 9.94. The van der Waals surface area contributed by atoms with E-state index in [4.69, 9.17) is 9.47 Å². The van der Waals surface area contributed by atoms with Crippen molar-refractivity contribution in [1.82, 2.24) is 0 Å². The smallest absolute Gasteiger partial charge is 0.260 e. The van der Waals surface area contributed by atoms with Gasteiger partial charge in [0.15, 0.2) is 5.84 Å². The van der Waals surface area contributed by atoms with Crippen molar-refractivity contribution in [2.75, 3.05) is 7.11 Å². The van der Waals surface area contributed by atoms with Gasteiger partial charge in [-0.1, -0.05) is 28.1 Å². The van der Waals surface area contributed by atoms with Crippen molar-refractivity contribution in [2.45, 2.75) is 6.42 Å². The van der Waals surface area contributed by atoms with Gasteiger partial charge in [0.2, 0.25) is 5.90 Å². The molecule has 2 heterocycles. The molecule has 5 nitrogen and oxygen atoms in total. The van der Waals surface area contributed by atoms with Crippen LogP contribution in [0.15, 0.2) is 56.9 Å². The number of hydrogen-bond acceptors (Lipinski definition) is 4. The summed E-state index contributed by atoms with van der Waals surface area (Å²) in [5.41, 5.74) is 1.69. The first-order valence-corrected chi connectivity index (χ1v) is 8.25. The van der Waals surface area contributed by atoms with E-state index in [1.807, 2.05) is 36.4 Å². The Morgan fingerprint density at radius 2 is 2.08 bits per heavy atom. The number of amidine groups is 1. The molecular formula is C18H13BrN2O3. The van der Waals surface area contributed by atoms with Gasteiger partial charge in [0.05, 0.1) is 7.11 Å². The quantitative estimate of drug-likeness (QED) is 0.796. The molecule has 0 spiro atoms. The average molecular weight is 385 g/mol. The second kappa shape index (κ2) is 5.87. The third-order valence-corrected chi connectivity index (χ3v) is 4.51. The van der Waals surface area contributed by atoms with Crippen molar-refractivity contribution in [1.29, 1.82) is 0 Å². The molecule has 1 atom stereocenters. The maximum Gasteiger partial charge on any atom is 0.260 e. The van der Waals surface area contributed by atoms with E-state index in [0.29, 0.717) is 23.9 Å². The van der Waals surface area contributed by atoms with Gasteiger partial charge in [0.25, 0.3) is 5.91 Å². The Morgan fingerprint density at radius 3 is 2.92 bits per heavy atom. The summed E-state index contributed by atoms with van der Waals surface area (Å²) in [5.74, 6) is 1.48. The number of amides is 1. The van der Waals surface area contributed by atoms with Crippen molar-refractivity contribution >= 4 is 33.6 Å². The molecule has 0 bridgehead atoms. The fourth-order valence-corrected chi connectivity index (χ4v) is 3.20. The van der Waals surface area contributed by atoms with E-state index in [9.17, 15) is 4.79 Å². The monoisotopic (exact) mass is 384 g/mol. The van der Waals surface area contributed by atoms with E-state index >= 15 is 0 Å². The predicted octanol–water partition coefficient (Wildman–Crippen LogP) is 3.39. The van der Waals surface area contributed by atoms with Crippen LogP contribution in [0.5, 0.6) is 11.5 Å². The molecule has 4 rings (SSSR count). The SMILES string of the molecule is COc1cccc(C2=NC(=O)C3Cc4cc(Br)ccc4OC3=N2)c1. The van der Waals surface area contributed by atoms with Crippen LogP contribution >= 0.6 is 15.9 Å². The summed E-state index contributed by atoms with van der Waals surface area (Å²) in [6.07, 6.45) is 0.543. The molecule has 0 N–H and O–H groups in total. The van der Waals surface area contributed by atoms with E-state index in [1.54, 1.807) is 13.2 Å². The van der Waals surface area contributed by atoms with Crippen LogP contribution in [0.3, 0.4) is 0 Å².